The maximum Gasteiger partial charge on any atom is 0.0417 e. The molecule has 2 aromatic rings. The maximum atomic E-state index is 5.94. The Bertz CT molecular complexity index is 511. The van der Waals surface area contributed by atoms with E-state index in [1.165, 1.54) is 16.0 Å². The number of rotatable bonds is 2. The van der Waals surface area contributed by atoms with E-state index < -0.39 is 0 Å². The van der Waals surface area contributed by atoms with E-state index in [0.717, 1.165) is 9.50 Å². The molecule has 3 heteroatoms. The van der Waals surface area contributed by atoms with Crippen molar-refractivity contribution in [3.05, 3.63) is 52.0 Å². The van der Waals surface area contributed by atoms with Gasteiger partial charge in [0.2, 0.25) is 0 Å². The quantitative estimate of drug-likeness (QED) is 0.660. The van der Waals surface area contributed by atoms with E-state index in [4.69, 9.17) is 11.6 Å². The second-order valence-electron chi connectivity index (χ2n) is 3.32. The van der Waals surface area contributed by atoms with Crippen LogP contribution in [0.5, 0.6) is 0 Å². The molecule has 82 valence electrons. The highest BCUT2D eigenvalue weighted by Crippen LogP contribution is 2.35. The molecule has 0 unspecified atom stereocenters. The fourth-order valence-electron chi connectivity index (χ4n) is 1.58. The summed E-state index contributed by atoms with van der Waals surface area (Å²) in [5, 5.41) is 0.747. The zero-order chi connectivity index (χ0) is 11.5. The van der Waals surface area contributed by atoms with Crippen LogP contribution in [0.3, 0.4) is 0 Å². The van der Waals surface area contributed by atoms with Crippen LogP contribution in [0.2, 0.25) is 5.02 Å². The molecule has 0 fully saturated rings. The van der Waals surface area contributed by atoms with Gasteiger partial charge in [-0.2, -0.15) is 0 Å². The largest absolute Gasteiger partial charge is 0.129 e. The van der Waals surface area contributed by atoms with Crippen molar-refractivity contribution in [3.8, 4) is 11.1 Å². The Hall–Kier alpha value is -0.440. The molecule has 0 nitrogen and oxygen atoms in total. The Morgan fingerprint density at radius 3 is 2.50 bits per heavy atom. The number of thioether (sulfide) groups is 1. The minimum Gasteiger partial charge on any atom is -0.129 e. The Kier molecular flexibility index (Phi) is 3.95. The molecule has 2 aromatic carbocycles. The first-order chi connectivity index (χ1) is 7.72. The first-order valence-corrected chi connectivity index (χ1v) is 7.20. The maximum absolute atomic E-state index is 5.94. The molecule has 16 heavy (non-hydrogen) atoms. The Labute approximate surface area is 113 Å². The van der Waals surface area contributed by atoms with Gasteiger partial charge in [-0.25, -0.2) is 0 Å². The molecule has 0 aliphatic rings. The number of halogens is 2. The van der Waals surface area contributed by atoms with Gasteiger partial charge in [-0.1, -0.05) is 51.8 Å². The first kappa shape index (κ1) is 12.0. The second-order valence-corrected chi connectivity index (χ2v) is 5.46. The van der Waals surface area contributed by atoms with Gasteiger partial charge >= 0.3 is 0 Å². The highest BCUT2D eigenvalue weighted by Gasteiger charge is 2.07. The minimum atomic E-state index is 0.747. The van der Waals surface area contributed by atoms with E-state index in [1.54, 1.807) is 11.8 Å². The van der Waals surface area contributed by atoms with Crippen LogP contribution in [0, 0.1) is 0 Å². The van der Waals surface area contributed by atoms with Crippen LogP contribution in [0.4, 0.5) is 0 Å². The molecule has 0 N–H and O–H groups in total. The molecule has 0 bridgehead atoms. The zero-order valence-electron chi connectivity index (χ0n) is 8.71. The average Bonchev–Trinajstić information content (AvgIpc) is 2.29. The predicted octanol–water partition coefficient (Wildman–Crippen LogP) is 5.49. The molecule has 0 aromatic heterocycles. The third-order valence-electron chi connectivity index (χ3n) is 2.33. The lowest BCUT2D eigenvalue weighted by Gasteiger charge is -2.09. The topological polar surface area (TPSA) is 0 Å². The fourth-order valence-corrected chi connectivity index (χ4v) is 3.08. The summed E-state index contributed by atoms with van der Waals surface area (Å²) in [4.78, 5) is 1.27. The smallest absolute Gasteiger partial charge is 0.0417 e. The van der Waals surface area contributed by atoms with Gasteiger partial charge in [-0.15, -0.1) is 11.8 Å². The summed E-state index contributed by atoms with van der Waals surface area (Å²) in [7, 11) is 0. The second kappa shape index (κ2) is 5.26. The molecule has 0 aliphatic carbocycles. The van der Waals surface area contributed by atoms with Gasteiger partial charge in [0.25, 0.3) is 0 Å². The molecule has 0 saturated carbocycles. The lowest BCUT2D eigenvalue weighted by molar-refractivity contribution is 1.44. The van der Waals surface area contributed by atoms with Crippen molar-refractivity contribution in [1.82, 2.24) is 0 Å². The summed E-state index contributed by atoms with van der Waals surface area (Å²) in [6.45, 7) is 0. The van der Waals surface area contributed by atoms with Crippen LogP contribution in [-0.4, -0.2) is 6.26 Å². The SMILES string of the molecule is CSc1ccccc1-c1ccc(Cl)cc1Br. The summed E-state index contributed by atoms with van der Waals surface area (Å²) in [5.41, 5.74) is 2.41. The lowest BCUT2D eigenvalue weighted by atomic mass is 10.1. The molecule has 0 saturated heterocycles. The lowest BCUT2D eigenvalue weighted by Crippen LogP contribution is -1.83. The Morgan fingerprint density at radius 2 is 1.81 bits per heavy atom. The Balaban J connectivity index is 2.58. The molecule has 0 aliphatic heterocycles. The number of hydrogen-bond donors (Lipinski definition) is 0. The van der Waals surface area contributed by atoms with Gasteiger partial charge in [-0.05, 0) is 35.6 Å². The van der Waals surface area contributed by atoms with Crippen molar-refractivity contribution in [2.75, 3.05) is 6.26 Å². The summed E-state index contributed by atoms with van der Waals surface area (Å²) >= 11 is 11.2. The van der Waals surface area contributed by atoms with E-state index in [2.05, 4.69) is 46.5 Å². The molecule has 0 spiro atoms. The minimum absolute atomic E-state index is 0.747. The normalized spacial score (nSPS) is 10.4. The monoisotopic (exact) mass is 312 g/mol. The van der Waals surface area contributed by atoms with Crippen LogP contribution in [0.15, 0.2) is 51.8 Å². The highest BCUT2D eigenvalue weighted by molar-refractivity contribution is 9.10. The molecule has 2 rings (SSSR count). The van der Waals surface area contributed by atoms with Gasteiger partial charge < -0.3 is 0 Å². The summed E-state index contributed by atoms with van der Waals surface area (Å²) in [6, 6.07) is 14.2. The van der Waals surface area contributed by atoms with E-state index in [-0.39, 0.29) is 0 Å². The molecular weight excluding hydrogens is 304 g/mol. The van der Waals surface area contributed by atoms with Gasteiger partial charge in [0.15, 0.2) is 0 Å². The molecule has 0 heterocycles. The van der Waals surface area contributed by atoms with Gasteiger partial charge in [0.1, 0.15) is 0 Å². The predicted molar refractivity (Wildman–Crippen MR) is 76.4 cm³/mol. The van der Waals surface area contributed by atoms with E-state index in [0.29, 0.717) is 0 Å². The molecule has 0 amide bonds. The van der Waals surface area contributed by atoms with Gasteiger partial charge in [0.05, 0.1) is 0 Å². The number of hydrogen-bond acceptors (Lipinski definition) is 1. The van der Waals surface area contributed by atoms with Crippen LogP contribution in [-0.2, 0) is 0 Å². The summed E-state index contributed by atoms with van der Waals surface area (Å²) in [5.74, 6) is 0. The average molecular weight is 314 g/mol. The van der Waals surface area contributed by atoms with Crippen LogP contribution >= 0.6 is 39.3 Å². The van der Waals surface area contributed by atoms with Crippen molar-refractivity contribution >= 4 is 39.3 Å². The fraction of sp³-hybridized carbons (Fsp3) is 0.0769. The van der Waals surface area contributed by atoms with Crippen LogP contribution in [0.1, 0.15) is 0 Å². The Morgan fingerprint density at radius 1 is 1.06 bits per heavy atom. The summed E-state index contributed by atoms with van der Waals surface area (Å²) in [6.07, 6.45) is 2.09. The molecular formula is C13H10BrClS. The van der Waals surface area contributed by atoms with Crippen molar-refractivity contribution in [2.45, 2.75) is 4.90 Å². The molecule has 0 atom stereocenters. The van der Waals surface area contributed by atoms with Crippen molar-refractivity contribution in [1.29, 1.82) is 0 Å². The van der Waals surface area contributed by atoms with Gasteiger partial charge in [-0.3, -0.25) is 0 Å². The number of benzene rings is 2. The van der Waals surface area contributed by atoms with Crippen molar-refractivity contribution in [2.24, 2.45) is 0 Å². The highest BCUT2D eigenvalue weighted by atomic mass is 79.9. The third kappa shape index (κ3) is 2.45. The van der Waals surface area contributed by atoms with Crippen LogP contribution in [0.25, 0.3) is 11.1 Å². The third-order valence-corrected chi connectivity index (χ3v) is 4.02. The standard InChI is InChI=1S/C13H10BrClS/c1-16-13-5-3-2-4-11(13)10-7-6-9(15)8-12(10)14/h2-8H,1H3. The van der Waals surface area contributed by atoms with E-state index in [9.17, 15) is 0 Å². The van der Waals surface area contributed by atoms with Crippen LogP contribution < -0.4 is 0 Å². The van der Waals surface area contributed by atoms with Gasteiger partial charge in [0, 0.05) is 14.4 Å². The van der Waals surface area contributed by atoms with Crippen molar-refractivity contribution in [3.63, 3.8) is 0 Å². The van der Waals surface area contributed by atoms with E-state index >= 15 is 0 Å². The van der Waals surface area contributed by atoms with Crippen molar-refractivity contribution < 1.29 is 0 Å². The summed E-state index contributed by atoms with van der Waals surface area (Å²) < 4.78 is 1.03. The van der Waals surface area contributed by atoms with E-state index in [1.807, 2.05) is 18.2 Å². The zero-order valence-corrected chi connectivity index (χ0v) is 11.9. The first-order valence-electron chi connectivity index (χ1n) is 4.81. The molecule has 0 radical (unpaired) electrons.